The monoisotopic (exact) mass is 236 g/mol. The predicted octanol–water partition coefficient (Wildman–Crippen LogP) is -0.278. The molecule has 1 aromatic heterocycles. The molecule has 0 saturated carbocycles. The van der Waals surface area contributed by atoms with Crippen LogP contribution in [0, 0.1) is 0 Å². The van der Waals surface area contributed by atoms with Gasteiger partial charge in [-0.15, -0.1) is 0 Å². The van der Waals surface area contributed by atoms with Gasteiger partial charge in [0, 0.05) is 24.8 Å². The molecule has 1 amide bonds. The Morgan fingerprint density at radius 2 is 2.41 bits per heavy atom. The first-order valence-corrected chi connectivity index (χ1v) is 5.69. The maximum Gasteiger partial charge on any atom is 0.274 e. The summed E-state index contributed by atoms with van der Waals surface area (Å²) in [5.41, 5.74) is 5.81. The number of nitrogens with two attached hydrogens (primary N) is 1. The molecular weight excluding hydrogens is 220 g/mol. The van der Waals surface area contributed by atoms with Crippen LogP contribution >= 0.6 is 0 Å². The SMILES string of the molecule is CC1CC(N)CCN1C(=O)c1c[nH]c(=O)cn1. The summed E-state index contributed by atoms with van der Waals surface area (Å²) < 4.78 is 0. The van der Waals surface area contributed by atoms with Gasteiger partial charge >= 0.3 is 0 Å². The van der Waals surface area contributed by atoms with Crippen LogP contribution in [-0.2, 0) is 0 Å². The Kier molecular flexibility index (Phi) is 3.23. The zero-order valence-electron chi connectivity index (χ0n) is 9.72. The van der Waals surface area contributed by atoms with Crippen molar-refractivity contribution in [3.05, 3.63) is 28.4 Å². The lowest BCUT2D eigenvalue weighted by Gasteiger charge is -2.36. The van der Waals surface area contributed by atoms with Gasteiger partial charge in [0.1, 0.15) is 5.69 Å². The van der Waals surface area contributed by atoms with Crippen LogP contribution in [-0.4, -0.2) is 39.4 Å². The number of nitrogens with zero attached hydrogens (tertiary/aromatic N) is 2. The molecule has 1 aromatic rings. The molecule has 0 bridgehead atoms. The molecule has 17 heavy (non-hydrogen) atoms. The minimum Gasteiger partial charge on any atom is -0.334 e. The first-order valence-electron chi connectivity index (χ1n) is 5.69. The Labute approximate surface area is 98.8 Å². The number of hydrogen-bond acceptors (Lipinski definition) is 4. The standard InChI is InChI=1S/C11H16N4O2/c1-7-4-8(12)2-3-15(7)11(17)9-5-14-10(16)6-13-9/h5-8H,2-4,12H2,1H3,(H,14,16). The Hall–Kier alpha value is -1.69. The third-order valence-corrected chi connectivity index (χ3v) is 3.07. The van der Waals surface area contributed by atoms with Crippen molar-refractivity contribution in [2.75, 3.05) is 6.54 Å². The minimum atomic E-state index is -0.310. The number of carbonyl (C=O) groups excluding carboxylic acids is 1. The number of likely N-dealkylation sites (tertiary alicyclic amines) is 1. The van der Waals surface area contributed by atoms with E-state index in [9.17, 15) is 9.59 Å². The third-order valence-electron chi connectivity index (χ3n) is 3.07. The highest BCUT2D eigenvalue weighted by Crippen LogP contribution is 2.17. The zero-order valence-corrected chi connectivity index (χ0v) is 9.72. The van der Waals surface area contributed by atoms with Crippen LogP contribution in [0.25, 0.3) is 0 Å². The third kappa shape index (κ3) is 2.52. The van der Waals surface area contributed by atoms with Crippen molar-refractivity contribution in [3.8, 4) is 0 Å². The van der Waals surface area contributed by atoms with Crippen LogP contribution in [0.2, 0.25) is 0 Å². The van der Waals surface area contributed by atoms with Gasteiger partial charge in [0.15, 0.2) is 0 Å². The molecule has 0 spiro atoms. The lowest BCUT2D eigenvalue weighted by molar-refractivity contribution is 0.0612. The van der Waals surface area contributed by atoms with Crippen LogP contribution in [0.5, 0.6) is 0 Å². The number of aromatic nitrogens is 2. The number of hydrogen-bond donors (Lipinski definition) is 2. The zero-order chi connectivity index (χ0) is 12.4. The molecular formula is C11H16N4O2. The maximum atomic E-state index is 12.1. The van der Waals surface area contributed by atoms with Gasteiger partial charge in [0.05, 0.1) is 6.20 Å². The van der Waals surface area contributed by atoms with E-state index in [1.54, 1.807) is 4.90 Å². The fourth-order valence-corrected chi connectivity index (χ4v) is 2.12. The van der Waals surface area contributed by atoms with Gasteiger partial charge in [-0.1, -0.05) is 0 Å². The highest BCUT2D eigenvalue weighted by molar-refractivity contribution is 5.92. The summed E-state index contributed by atoms with van der Waals surface area (Å²) in [6, 6.07) is 0.276. The number of rotatable bonds is 1. The molecule has 3 N–H and O–H groups in total. The quantitative estimate of drug-likeness (QED) is 0.701. The summed E-state index contributed by atoms with van der Waals surface area (Å²) in [5, 5.41) is 0. The topological polar surface area (TPSA) is 92.1 Å². The number of carbonyl (C=O) groups is 1. The summed E-state index contributed by atoms with van der Waals surface area (Å²) in [4.78, 5) is 31.0. The second-order valence-corrected chi connectivity index (χ2v) is 4.43. The van der Waals surface area contributed by atoms with Gasteiger partial charge in [-0.05, 0) is 19.8 Å². The first-order chi connectivity index (χ1) is 8.08. The molecule has 2 atom stereocenters. The molecule has 0 radical (unpaired) electrons. The van der Waals surface area contributed by atoms with Crippen LogP contribution in [0.4, 0.5) is 0 Å². The van der Waals surface area contributed by atoms with E-state index in [1.165, 1.54) is 6.20 Å². The minimum absolute atomic E-state index is 0.111. The maximum absolute atomic E-state index is 12.1. The summed E-state index contributed by atoms with van der Waals surface area (Å²) in [6.07, 6.45) is 4.08. The number of H-pyrrole nitrogens is 1. The van der Waals surface area contributed by atoms with Crippen molar-refractivity contribution < 1.29 is 4.79 Å². The Morgan fingerprint density at radius 1 is 1.65 bits per heavy atom. The number of nitrogens with one attached hydrogen (secondary N) is 1. The number of aromatic amines is 1. The second-order valence-electron chi connectivity index (χ2n) is 4.43. The normalized spacial score (nSPS) is 24.7. The smallest absolute Gasteiger partial charge is 0.274 e. The molecule has 1 fully saturated rings. The Morgan fingerprint density at radius 3 is 3.00 bits per heavy atom. The molecule has 92 valence electrons. The van der Waals surface area contributed by atoms with E-state index < -0.39 is 0 Å². The van der Waals surface area contributed by atoms with Crippen LogP contribution in [0.15, 0.2) is 17.2 Å². The van der Waals surface area contributed by atoms with Gasteiger partial charge in [-0.3, -0.25) is 9.59 Å². The molecule has 2 unspecified atom stereocenters. The summed E-state index contributed by atoms with van der Waals surface area (Å²) in [7, 11) is 0. The average molecular weight is 236 g/mol. The summed E-state index contributed by atoms with van der Waals surface area (Å²) >= 11 is 0. The Bertz CT molecular complexity index is 450. The van der Waals surface area contributed by atoms with Gasteiger partial charge in [0.2, 0.25) is 0 Å². The first kappa shape index (κ1) is 11.8. The Balaban J connectivity index is 2.14. The summed E-state index contributed by atoms with van der Waals surface area (Å²) in [6.45, 7) is 2.62. The highest BCUT2D eigenvalue weighted by atomic mass is 16.2. The van der Waals surface area contributed by atoms with E-state index in [-0.39, 0.29) is 29.2 Å². The van der Waals surface area contributed by atoms with E-state index >= 15 is 0 Å². The summed E-state index contributed by atoms with van der Waals surface area (Å²) in [5.74, 6) is -0.152. The van der Waals surface area contributed by atoms with Crippen molar-refractivity contribution in [1.82, 2.24) is 14.9 Å². The van der Waals surface area contributed by atoms with Crippen molar-refractivity contribution in [1.29, 1.82) is 0 Å². The molecule has 6 nitrogen and oxygen atoms in total. The second kappa shape index (κ2) is 4.67. The van der Waals surface area contributed by atoms with E-state index in [1.807, 2.05) is 6.92 Å². The van der Waals surface area contributed by atoms with Crippen LogP contribution < -0.4 is 11.3 Å². The molecule has 1 saturated heterocycles. The van der Waals surface area contributed by atoms with E-state index in [0.717, 1.165) is 19.0 Å². The fraction of sp³-hybridized carbons (Fsp3) is 0.545. The lowest BCUT2D eigenvalue weighted by Crippen LogP contribution is -2.48. The van der Waals surface area contributed by atoms with Gasteiger partial charge < -0.3 is 15.6 Å². The van der Waals surface area contributed by atoms with E-state index in [0.29, 0.717) is 6.54 Å². The largest absolute Gasteiger partial charge is 0.334 e. The average Bonchev–Trinajstić information content (AvgIpc) is 2.29. The van der Waals surface area contributed by atoms with Gasteiger partial charge in [-0.25, -0.2) is 4.98 Å². The molecule has 0 aromatic carbocycles. The van der Waals surface area contributed by atoms with Crippen molar-refractivity contribution in [3.63, 3.8) is 0 Å². The number of amides is 1. The van der Waals surface area contributed by atoms with Gasteiger partial charge in [0.25, 0.3) is 11.5 Å². The van der Waals surface area contributed by atoms with Crippen molar-refractivity contribution in [2.24, 2.45) is 5.73 Å². The van der Waals surface area contributed by atoms with E-state index in [4.69, 9.17) is 5.73 Å². The predicted molar refractivity (Wildman–Crippen MR) is 62.6 cm³/mol. The van der Waals surface area contributed by atoms with Crippen LogP contribution in [0.3, 0.4) is 0 Å². The molecule has 0 aliphatic carbocycles. The number of piperidine rings is 1. The molecule has 2 rings (SSSR count). The van der Waals surface area contributed by atoms with Crippen molar-refractivity contribution >= 4 is 5.91 Å². The van der Waals surface area contributed by atoms with Crippen LogP contribution in [0.1, 0.15) is 30.3 Å². The van der Waals surface area contributed by atoms with Crippen molar-refractivity contribution in [2.45, 2.75) is 31.8 Å². The molecule has 1 aliphatic heterocycles. The molecule has 6 heteroatoms. The van der Waals surface area contributed by atoms with E-state index in [2.05, 4.69) is 9.97 Å². The fourth-order valence-electron chi connectivity index (χ4n) is 2.12. The highest BCUT2D eigenvalue weighted by Gasteiger charge is 2.28. The molecule has 2 heterocycles. The van der Waals surface area contributed by atoms with Gasteiger partial charge in [-0.2, -0.15) is 0 Å². The molecule has 1 aliphatic rings. The lowest BCUT2D eigenvalue weighted by atomic mass is 9.99.